The SMILES string of the molecule is CC(C)C(C)N(C)S(=O)(=O)c1cncc(C#CCN)c1. The van der Waals surface area contributed by atoms with E-state index in [1.807, 2.05) is 20.8 Å². The molecule has 0 spiro atoms. The predicted octanol–water partition coefficient (Wildman–Crippen LogP) is 1.06. The Morgan fingerprint density at radius 1 is 1.35 bits per heavy atom. The maximum Gasteiger partial charge on any atom is 0.244 e. The summed E-state index contributed by atoms with van der Waals surface area (Å²) in [6.07, 6.45) is 2.86. The molecule has 1 rings (SSSR count). The zero-order chi connectivity index (χ0) is 15.3. The van der Waals surface area contributed by atoms with Gasteiger partial charge in [0.15, 0.2) is 0 Å². The minimum absolute atomic E-state index is 0.0983. The number of nitrogens with two attached hydrogens (primary N) is 1. The van der Waals surface area contributed by atoms with Crippen molar-refractivity contribution in [3.63, 3.8) is 0 Å². The molecule has 0 aromatic carbocycles. The summed E-state index contributed by atoms with van der Waals surface area (Å²) in [5.41, 5.74) is 5.84. The van der Waals surface area contributed by atoms with Gasteiger partial charge in [0, 0.05) is 31.0 Å². The van der Waals surface area contributed by atoms with E-state index < -0.39 is 10.0 Å². The fourth-order valence-electron chi connectivity index (χ4n) is 1.59. The summed E-state index contributed by atoms with van der Waals surface area (Å²) >= 11 is 0. The minimum Gasteiger partial charge on any atom is -0.320 e. The van der Waals surface area contributed by atoms with Gasteiger partial charge in [0.05, 0.1) is 6.54 Å². The van der Waals surface area contributed by atoms with Crippen molar-refractivity contribution in [2.24, 2.45) is 11.7 Å². The summed E-state index contributed by atoms with van der Waals surface area (Å²) in [6, 6.07) is 1.42. The molecule has 0 aliphatic heterocycles. The van der Waals surface area contributed by atoms with Gasteiger partial charge in [0.2, 0.25) is 10.0 Å². The van der Waals surface area contributed by atoms with Crippen LogP contribution in [0.15, 0.2) is 23.4 Å². The number of sulfonamides is 1. The highest BCUT2D eigenvalue weighted by molar-refractivity contribution is 7.89. The molecule has 0 aliphatic carbocycles. The van der Waals surface area contributed by atoms with Crippen molar-refractivity contribution in [1.29, 1.82) is 0 Å². The molecular weight excluding hydrogens is 274 g/mol. The minimum atomic E-state index is -3.56. The van der Waals surface area contributed by atoms with Crippen molar-refractivity contribution in [3.8, 4) is 11.8 Å². The Bertz CT molecular complexity index is 615. The maximum atomic E-state index is 12.5. The quantitative estimate of drug-likeness (QED) is 0.843. The molecule has 1 atom stereocenters. The first-order chi connectivity index (χ1) is 9.30. The topological polar surface area (TPSA) is 76.3 Å². The van der Waals surface area contributed by atoms with E-state index in [0.29, 0.717) is 5.56 Å². The van der Waals surface area contributed by atoms with Crippen molar-refractivity contribution in [2.75, 3.05) is 13.6 Å². The van der Waals surface area contributed by atoms with Gasteiger partial charge in [0.1, 0.15) is 4.90 Å². The molecule has 1 aromatic rings. The van der Waals surface area contributed by atoms with E-state index in [1.165, 1.54) is 22.8 Å². The molecule has 0 radical (unpaired) electrons. The lowest BCUT2D eigenvalue weighted by Gasteiger charge is -2.27. The van der Waals surface area contributed by atoms with E-state index >= 15 is 0 Å². The standard InChI is InChI=1S/C14H21N3O2S/c1-11(2)12(3)17(4)20(18,19)14-8-13(6-5-7-15)9-16-10-14/h8-12H,7,15H2,1-4H3. The highest BCUT2D eigenvalue weighted by atomic mass is 32.2. The Morgan fingerprint density at radius 2 is 2.00 bits per heavy atom. The van der Waals surface area contributed by atoms with Crippen molar-refractivity contribution in [1.82, 2.24) is 9.29 Å². The maximum absolute atomic E-state index is 12.5. The van der Waals surface area contributed by atoms with Crippen LogP contribution in [0.25, 0.3) is 0 Å². The van der Waals surface area contributed by atoms with E-state index in [-0.39, 0.29) is 23.4 Å². The molecule has 6 heteroatoms. The van der Waals surface area contributed by atoms with Crippen LogP contribution in [0.1, 0.15) is 26.3 Å². The Morgan fingerprint density at radius 3 is 2.55 bits per heavy atom. The first-order valence-electron chi connectivity index (χ1n) is 6.42. The molecule has 1 heterocycles. The zero-order valence-electron chi connectivity index (χ0n) is 12.3. The summed E-state index contributed by atoms with van der Waals surface area (Å²) < 4.78 is 26.4. The number of pyridine rings is 1. The van der Waals surface area contributed by atoms with E-state index in [4.69, 9.17) is 5.73 Å². The van der Waals surface area contributed by atoms with Gasteiger partial charge in [-0.1, -0.05) is 25.7 Å². The van der Waals surface area contributed by atoms with Gasteiger partial charge in [-0.3, -0.25) is 4.98 Å². The third-order valence-corrected chi connectivity index (χ3v) is 5.17. The molecule has 0 bridgehead atoms. The van der Waals surface area contributed by atoms with Crippen LogP contribution in [0.4, 0.5) is 0 Å². The first kappa shape index (κ1) is 16.6. The summed E-state index contributed by atoms with van der Waals surface area (Å²) in [6.45, 7) is 6.07. The monoisotopic (exact) mass is 295 g/mol. The van der Waals surface area contributed by atoms with Crippen LogP contribution >= 0.6 is 0 Å². The molecule has 0 saturated carbocycles. The fraction of sp³-hybridized carbons (Fsp3) is 0.500. The van der Waals surface area contributed by atoms with E-state index in [1.54, 1.807) is 7.05 Å². The predicted molar refractivity (Wildman–Crippen MR) is 79.4 cm³/mol. The third kappa shape index (κ3) is 3.79. The number of hydrogen-bond acceptors (Lipinski definition) is 4. The Labute approximate surface area is 121 Å². The molecule has 1 unspecified atom stereocenters. The molecule has 0 aliphatic rings. The van der Waals surface area contributed by atoms with Crippen LogP contribution in [0.5, 0.6) is 0 Å². The molecule has 0 fully saturated rings. The van der Waals surface area contributed by atoms with E-state index in [0.717, 1.165) is 0 Å². The van der Waals surface area contributed by atoms with Gasteiger partial charge < -0.3 is 5.73 Å². The highest BCUT2D eigenvalue weighted by Gasteiger charge is 2.27. The molecule has 0 amide bonds. The average Bonchev–Trinajstić information content (AvgIpc) is 2.43. The number of hydrogen-bond donors (Lipinski definition) is 1. The van der Waals surface area contributed by atoms with Crippen LogP contribution in [0, 0.1) is 17.8 Å². The summed E-state index contributed by atoms with van der Waals surface area (Å²) in [5, 5.41) is 0. The zero-order valence-corrected chi connectivity index (χ0v) is 13.1. The van der Waals surface area contributed by atoms with Gasteiger partial charge in [-0.05, 0) is 18.9 Å². The largest absolute Gasteiger partial charge is 0.320 e. The van der Waals surface area contributed by atoms with E-state index in [2.05, 4.69) is 16.8 Å². The van der Waals surface area contributed by atoms with Crippen molar-refractivity contribution in [2.45, 2.75) is 31.7 Å². The van der Waals surface area contributed by atoms with Gasteiger partial charge in [-0.15, -0.1) is 0 Å². The highest BCUT2D eigenvalue weighted by Crippen LogP contribution is 2.19. The van der Waals surface area contributed by atoms with Crippen molar-refractivity contribution >= 4 is 10.0 Å². The Balaban J connectivity index is 3.16. The van der Waals surface area contributed by atoms with Gasteiger partial charge >= 0.3 is 0 Å². The molecule has 5 nitrogen and oxygen atoms in total. The fourth-order valence-corrected chi connectivity index (χ4v) is 3.07. The molecule has 20 heavy (non-hydrogen) atoms. The van der Waals surface area contributed by atoms with Crippen LogP contribution in [-0.4, -0.2) is 37.3 Å². The number of rotatable bonds is 4. The Kier molecular flexibility index (Phi) is 5.69. The summed E-state index contributed by atoms with van der Waals surface area (Å²) in [7, 11) is -1.98. The van der Waals surface area contributed by atoms with Gasteiger partial charge in [-0.25, -0.2) is 8.42 Å². The normalized spacial score (nSPS) is 13.2. The van der Waals surface area contributed by atoms with Crippen LogP contribution in [0.2, 0.25) is 0 Å². The van der Waals surface area contributed by atoms with E-state index in [9.17, 15) is 8.42 Å². The van der Waals surface area contributed by atoms with Gasteiger partial charge in [-0.2, -0.15) is 4.31 Å². The number of nitrogens with zero attached hydrogens (tertiary/aromatic N) is 2. The third-order valence-electron chi connectivity index (χ3n) is 3.26. The number of aromatic nitrogens is 1. The second-order valence-corrected chi connectivity index (χ2v) is 6.92. The lowest BCUT2D eigenvalue weighted by atomic mass is 10.1. The van der Waals surface area contributed by atoms with Crippen LogP contribution in [-0.2, 0) is 10.0 Å². The molecule has 2 N–H and O–H groups in total. The summed E-state index contributed by atoms with van der Waals surface area (Å²) in [5.74, 6) is 5.69. The van der Waals surface area contributed by atoms with Crippen molar-refractivity contribution in [3.05, 3.63) is 24.0 Å². The lowest BCUT2D eigenvalue weighted by Crippen LogP contribution is -2.38. The molecule has 1 aromatic heterocycles. The second kappa shape index (κ2) is 6.84. The second-order valence-electron chi connectivity index (χ2n) is 4.92. The smallest absolute Gasteiger partial charge is 0.244 e. The Hall–Kier alpha value is -1.42. The summed E-state index contributed by atoms with van der Waals surface area (Å²) in [4.78, 5) is 4.09. The van der Waals surface area contributed by atoms with Gasteiger partial charge in [0.25, 0.3) is 0 Å². The molecular formula is C14H21N3O2S. The molecule has 0 saturated heterocycles. The lowest BCUT2D eigenvalue weighted by molar-refractivity contribution is 0.315. The average molecular weight is 295 g/mol. The van der Waals surface area contributed by atoms with Crippen LogP contribution in [0.3, 0.4) is 0 Å². The first-order valence-corrected chi connectivity index (χ1v) is 7.86. The van der Waals surface area contributed by atoms with Crippen molar-refractivity contribution < 1.29 is 8.42 Å². The molecule has 110 valence electrons. The van der Waals surface area contributed by atoms with Crippen LogP contribution < -0.4 is 5.73 Å².